The summed E-state index contributed by atoms with van der Waals surface area (Å²) in [5.41, 5.74) is 1.48. The van der Waals surface area contributed by atoms with Crippen LogP contribution in [0.4, 0.5) is 5.69 Å². The predicted octanol–water partition coefficient (Wildman–Crippen LogP) is 3.78. The number of rotatable bonds is 4. The molecule has 0 saturated carbocycles. The normalized spacial score (nSPS) is 14.2. The van der Waals surface area contributed by atoms with Gasteiger partial charge in [0.2, 0.25) is 0 Å². The zero-order chi connectivity index (χ0) is 14.7. The van der Waals surface area contributed by atoms with Crippen molar-refractivity contribution >= 4 is 11.7 Å². The summed E-state index contributed by atoms with van der Waals surface area (Å²) in [6.07, 6.45) is 2.52. The molecule has 1 saturated heterocycles. The lowest BCUT2D eigenvalue weighted by atomic mass is 10.2. The molecule has 2 aromatic carbocycles. The van der Waals surface area contributed by atoms with Crippen molar-refractivity contribution < 1.29 is 14.6 Å². The van der Waals surface area contributed by atoms with Gasteiger partial charge in [-0.05, 0) is 61.4 Å². The van der Waals surface area contributed by atoms with E-state index in [0.29, 0.717) is 5.75 Å². The van der Waals surface area contributed by atoms with Gasteiger partial charge in [0.1, 0.15) is 11.5 Å². The zero-order valence-electron chi connectivity index (χ0n) is 11.7. The third-order valence-electron chi connectivity index (χ3n) is 3.64. The van der Waals surface area contributed by atoms with Crippen molar-refractivity contribution in [3.8, 4) is 11.5 Å². The minimum absolute atomic E-state index is 0.256. The van der Waals surface area contributed by atoms with Gasteiger partial charge in [-0.15, -0.1) is 0 Å². The monoisotopic (exact) mass is 283 g/mol. The number of hydrogen-bond donors (Lipinski definition) is 1. The average Bonchev–Trinajstić information content (AvgIpc) is 3.03. The second kappa shape index (κ2) is 5.87. The fourth-order valence-electron chi connectivity index (χ4n) is 2.50. The second-order valence-corrected chi connectivity index (χ2v) is 5.12. The molecule has 108 valence electrons. The van der Waals surface area contributed by atoms with E-state index in [-0.39, 0.29) is 5.56 Å². The van der Waals surface area contributed by atoms with Crippen LogP contribution in [0.15, 0.2) is 48.5 Å². The van der Waals surface area contributed by atoms with Gasteiger partial charge in [0.05, 0.1) is 5.56 Å². The first-order chi connectivity index (χ1) is 10.2. The van der Waals surface area contributed by atoms with Crippen LogP contribution in [-0.4, -0.2) is 24.2 Å². The number of benzene rings is 2. The molecular formula is C17H17NO3. The quantitative estimate of drug-likeness (QED) is 0.927. The van der Waals surface area contributed by atoms with Crippen LogP contribution in [0, 0.1) is 0 Å². The minimum atomic E-state index is -0.934. The molecule has 3 rings (SSSR count). The summed E-state index contributed by atoms with van der Waals surface area (Å²) in [5, 5.41) is 8.85. The summed E-state index contributed by atoms with van der Waals surface area (Å²) >= 11 is 0. The Labute approximate surface area is 123 Å². The molecule has 1 N–H and O–H groups in total. The molecule has 0 bridgehead atoms. The molecule has 1 aliphatic heterocycles. The van der Waals surface area contributed by atoms with Crippen molar-refractivity contribution in [3.05, 3.63) is 54.1 Å². The SMILES string of the molecule is O=C(O)c1ccc(Oc2ccc(N3CCCC3)cc2)cc1. The first-order valence-corrected chi connectivity index (χ1v) is 7.08. The Balaban J connectivity index is 1.68. The number of carbonyl (C=O) groups is 1. The van der Waals surface area contributed by atoms with Crippen LogP contribution < -0.4 is 9.64 Å². The van der Waals surface area contributed by atoms with E-state index >= 15 is 0 Å². The van der Waals surface area contributed by atoms with Crippen molar-refractivity contribution in [1.82, 2.24) is 0 Å². The van der Waals surface area contributed by atoms with Crippen molar-refractivity contribution in [2.45, 2.75) is 12.8 Å². The van der Waals surface area contributed by atoms with Crippen molar-refractivity contribution in [3.63, 3.8) is 0 Å². The van der Waals surface area contributed by atoms with Crippen LogP contribution in [0.1, 0.15) is 23.2 Å². The van der Waals surface area contributed by atoms with E-state index in [1.54, 1.807) is 12.1 Å². The van der Waals surface area contributed by atoms with Gasteiger partial charge in [-0.2, -0.15) is 0 Å². The first kappa shape index (κ1) is 13.5. The van der Waals surface area contributed by atoms with Crippen molar-refractivity contribution in [2.24, 2.45) is 0 Å². The van der Waals surface area contributed by atoms with E-state index in [4.69, 9.17) is 9.84 Å². The fourth-order valence-corrected chi connectivity index (χ4v) is 2.50. The molecule has 1 aliphatic rings. The smallest absolute Gasteiger partial charge is 0.335 e. The molecular weight excluding hydrogens is 266 g/mol. The van der Waals surface area contributed by atoms with Crippen LogP contribution in [0.5, 0.6) is 11.5 Å². The van der Waals surface area contributed by atoms with E-state index in [1.807, 2.05) is 12.1 Å². The van der Waals surface area contributed by atoms with E-state index in [0.717, 1.165) is 18.8 Å². The molecule has 21 heavy (non-hydrogen) atoms. The third kappa shape index (κ3) is 3.16. The summed E-state index contributed by atoms with van der Waals surface area (Å²) in [6.45, 7) is 2.24. The molecule has 0 atom stereocenters. The number of nitrogens with zero attached hydrogens (tertiary/aromatic N) is 1. The van der Waals surface area contributed by atoms with E-state index in [2.05, 4.69) is 17.0 Å². The second-order valence-electron chi connectivity index (χ2n) is 5.12. The van der Waals surface area contributed by atoms with Crippen molar-refractivity contribution in [2.75, 3.05) is 18.0 Å². The van der Waals surface area contributed by atoms with Crippen molar-refractivity contribution in [1.29, 1.82) is 0 Å². The Morgan fingerprint density at radius 2 is 1.43 bits per heavy atom. The Kier molecular flexibility index (Phi) is 3.77. The number of carboxylic acids is 1. The number of anilines is 1. The molecule has 1 heterocycles. The highest BCUT2D eigenvalue weighted by molar-refractivity contribution is 5.87. The number of carboxylic acid groups (broad SMARTS) is 1. The molecule has 0 aliphatic carbocycles. The van der Waals surface area contributed by atoms with Crippen LogP contribution in [0.25, 0.3) is 0 Å². The third-order valence-corrected chi connectivity index (χ3v) is 3.64. The fraction of sp³-hybridized carbons (Fsp3) is 0.235. The molecule has 0 spiro atoms. The Morgan fingerprint density at radius 1 is 0.905 bits per heavy atom. The highest BCUT2D eigenvalue weighted by Gasteiger charge is 2.12. The first-order valence-electron chi connectivity index (χ1n) is 7.08. The average molecular weight is 283 g/mol. The summed E-state index contributed by atoms with van der Waals surface area (Å²) < 4.78 is 5.72. The minimum Gasteiger partial charge on any atom is -0.478 e. The van der Waals surface area contributed by atoms with Gasteiger partial charge >= 0.3 is 5.97 Å². The maximum Gasteiger partial charge on any atom is 0.335 e. The topological polar surface area (TPSA) is 49.8 Å². The summed E-state index contributed by atoms with van der Waals surface area (Å²) in [5.74, 6) is 0.450. The lowest BCUT2D eigenvalue weighted by Gasteiger charge is -2.17. The molecule has 4 nitrogen and oxygen atoms in total. The summed E-state index contributed by atoms with van der Waals surface area (Å²) in [4.78, 5) is 13.2. The van der Waals surface area contributed by atoms with Gasteiger partial charge in [-0.3, -0.25) is 0 Å². The van der Waals surface area contributed by atoms with Crippen LogP contribution in [0.2, 0.25) is 0 Å². The van der Waals surface area contributed by atoms with Gasteiger partial charge in [-0.1, -0.05) is 0 Å². The lowest BCUT2D eigenvalue weighted by molar-refractivity contribution is 0.0697. The van der Waals surface area contributed by atoms with Gasteiger partial charge in [0.15, 0.2) is 0 Å². The van der Waals surface area contributed by atoms with Gasteiger partial charge in [0, 0.05) is 18.8 Å². The standard InChI is InChI=1S/C17H17NO3/c19-17(20)13-3-7-15(8-4-13)21-16-9-5-14(6-10-16)18-11-1-2-12-18/h3-10H,1-2,11-12H2,(H,19,20). The number of aromatic carboxylic acids is 1. The van der Waals surface area contributed by atoms with Gasteiger partial charge < -0.3 is 14.7 Å². The van der Waals surface area contributed by atoms with Gasteiger partial charge in [-0.25, -0.2) is 4.79 Å². The zero-order valence-corrected chi connectivity index (χ0v) is 11.7. The molecule has 0 unspecified atom stereocenters. The summed E-state index contributed by atoms with van der Waals surface area (Å²) in [6, 6.07) is 14.4. The largest absolute Gasteiger partial charge is 0.478 e. The van der Waals surface area contributed by atoms with E-state index in [1.165, 1.54) is 30.7 Å². The number of hydrogen-bond acceptors (Lipinski definition) is 3. The Morgan fingerprint density at radius 3 is 1.95 bits per heavy atom. The molecule has 2 aromatic rings. The van der Waals surface area contributed by atoms with Crippen LogP contribution in [0.3, 0.4) is 0 Å². The highest BCUT2D eigenvalue weighted by atomic mass is 16.5. The van der Waals surface area contributed by atoms with Gasteiger partial charge in [0.25, 0.3) is 0 Å². The lowest BCUT2D eigenvalue weighted by Crippen LogP contribution is -2.17. The maximum atomic E-state index is 10.8. The van der Waals surface area contributed by atoms with Crippen LogP contribution in [-0.2, 0) is 0 Å². The maximum absolute atomic E-state index is 10.8. The Hall–Kier alpha value is -2.49. The molecule has 0 radical (unpaired) electrons. The molecule has 0 amide bonds. The molecule has 1 fully saturated rings. The predicted molar refractivity (Wildman–Crippen MR) is 81.4 cm³/mol. The Bertz CT molecular complexity index is 613. The van der Waals surface area contributed by atoms with Crippen LogP contribution >= 0.6 is 0 Å². The number of ether oxygens (including phenoxy) is 1. The molecule has 0 aromatic heterocycles. The van der Waals surface area contributed by atoms with E-state index in [9.17, 15) is 4.79 Å². The summed E-state index contributed by atoms with van der Waals surface area (Å²) in [7, 11) is 0. The highest BCUT2D eigenvalue weighted by Crippen LogP contribution is 2.26. The van der Waals surface area contributed by atoms with E-state index < -0.39 is 5.97 Å². The molecule has 4 heteroatoms.